The Hall–Kier alpha value is -2.03. The molecule has 4 heterocycles. The molecule has 0 aliphatic carbocycles. The molecule has 1 saturated heterocycles. The van der Waals surface area contributed by atoms with E-state index in [2.05, 4.69) is 15.5 Å². The number of nitrogens with one attached hydrogen (secondary N) is 1. The van der Waals surface area contributed by atoms with Crippen LogP contribution in [0.3, 0.4) is 0 Å². The van der Waals surface area contributed by atoms with E-state index < -0.39 is 5.82 Å². The Bertz CT molecular complexity index is 1090. The van der Waals surface area contributed by atoms with Gasteiger partial charge in [0.15, 0.2) is 10.8 Å². The van der Waals surface area contributed by atoms with E-state index in [1.807, 2.05) is 12.4 Å². The molecule has 1 fully saturated rings. The number of hydrogen-bond donors (Lipinski definition) is 1. The highest BCUT2D eigenvalue weighted by molar-refractivity contribution is 7.19. The van der Waals surface area contributed by atoms with Crippen LogP contribution in [-0.2, 0) is 7.05 Å². The molecular weight excluding hydrogens is 375 g/mol. The van der Waals surface area contributed by atoms with E-state index in [0.717, 1.165) is 42.0 Å². The van der Waals surface area contributed by atoms with Gasteiger partial charge < -0.3 is 5.32 Å². The molecule has 1 aliphatic heterocycles. The summed E-state index contributed by atoms with van der Waals surface area (Å²) in [6.07, 6.45) is 5.95. The average Bonchev–Trinajstić information content (AvgIpc) is 3.31. The molecule has 1 N–H and O–H groups in total. The van der Waals surface area contributed by atoms with Gasteiger partial charge in [-0.3, -0.25) is 4.68 Å². The summed E-state index contributed by atoms with van der Waals surface area (Å²) in [5, 5.41) is 13.5. The van der Waals surface area contributed by atoms with Crippen molar-refractivity contribution in [3.8, 4) is 10.6 Å². The van der Waals surface area contributed by atoms with Crippen LogP contribution in [0.2, 0.25) is 5.02 Å². The molecule has 0 saturated carbocycles. The standard InChI is InChI=1S/C17H16ClFN6S/c1-24-7-10-6-11(14(19)13(18)15(10)22-24)16-23-25-8-12(21-17(25)26-16)9-2-4-20-5-3-9/h6-9,20H,2-5H2,1H3. The molecule has 5 rings (SSSR count). The van der Waals surface area contributed by atoms with E-state index in [4.69, 9.17) is 16.6 Å². The van der Waals surface area contributed by atoms with E-state index >= 15 is 0 Å². The van der Waals surface area contributed by atoms with Gasteiger partial charge in [0.25, 0.3) is 0 Å². The molecule has 0 atom stereocenters. The summed E-state index contributed by atoms with van der Waals surface area (Å²) in [4.78, 5) is 5.49. The highest BCUT2D eigenvalue weighted by Gasteiger charge is 2.22. The zero-order valence-electron chi connectivity index (χ0n) is 14.0. The van der Waals surface area contributed by atoms with Crippen LogP contribution in [0.25, 0.3) is 26.4 Å². The van der Waals surface area contributed by atoms with Crippen molar-refractivity contribution < 1.29 is 4.39 Å². The van der Waals surface area contributed by atoms with Crippen LogP contribution in [0.4, 0.5) is 4.39 Å². The van der Waals surface area contributed by atoms with Gasteiger partial charge in [-0.1, -0.05) is 22.9 Å². The Balaban J connectivity index is 1.57. The number of fused-ring (bicyclic) bond motifs is 2. The maximum atomic E-state index is 14.8. The number of piperidine rings is 1. The second kappa shape index (κ2) is 6.00. The van der Waals surface area contributed by atoms with Gasteiger partial charge in [-0.05, 0) is 32.0 Å². The minimum atomic E-state index is -0.492. The van der Waals surface area contributed by atoms with Crippen LogP contribution < -0.4 is 5.32 Å². The molecule has 1 aliphatic rings. The minimum Gasteiger partial charge on any atom is -0.317 e. The fourth-order valence-electron chi connectivity index (χ4n) is 3.52. The van der Waals surface area contributed by atoms with Gasteiger partial charge in [-0.15, -0.1) is 0 Å². The Labute approximate surface area is 157 Å². The number of benzene rings is 1. The quantitative estimate of drug-likeness (QED) is 0.568. The number of rotatable bonds is 2. The number of hydrogen-bond acceptors (Lipinski definition) is 5. The van der Waals surface area contributed by atoms with E-state index in [1.54, 1.807) is 22.3 Å². The lowest BCUT2D eigenvalue weighted by atomic mass is 9.95. The second-order valence-corrected chi connectivity index (χ2v) is 7.95. The zero-order valence-corrected chi connectivity index (χ0v) is 15.6. The summed E-state index contributed by atoms with van der Waals surface area (Å²) in [7, 11) is 1.79. The zero-order chi connectivity index (χ0) is 17.8. The SMILES string of the molecule is Cn1cc2cc(-c3nn4cc(C5CCNCC5)nc4s3)c(F)c(Cl)c2n1. The summed E-state index contributed by atoms with van der Waals surface area (Å²) < 4.78 is 18.2. The van der Waals surface area contributed by atoms with Crippen molar-refractivity contribution in [2.24, 2.45) is 7.05 Å². The van der Waals surface area contributed by atoms with Crippen molar-refractivity contribution in [1.29, 1.82) is 0 Å². The van der Waals surface area contributed by atoms with E-state index in [9.17, 15) is 4.39 Å². The Morgan fingerprint density at radius 2 is 2.08 bits per heavy atom. The molecule has 4 aromatic rings. The van der Waals surface area contributed by atoms with Gasteiger partial charge in [0.1, 0.15) is 10.5 Å². The molecule has 1 aromatic carbocycles. The van der Waals surface area contributed by atoms with Crippen molar-refractivity contribution in [2.45, 2.75) is 18.8 Å². The molecule has 26 heavy (non-hydrogen) atoms. The van der Waals surface area contributed by atoms with Gasteiger partial charge in [0.05, 0.1) is 17.5 Å². The first-order valence-corrected chi connectivity index (χ1v) is 9.68. The summed E-state index contributed by atoms with van der Waals surface area (Å²) >= 11 is 7.56. The molecule has 0 radical (unpaired) electrons. The van der Waals surface area contributed by atoms with Crippen molar-refractivity contribution in [2.75, 3.05) is 13.1 Å². The third-order valence-corrected chi connectivity index (χ3v) is 6.14. The summed E-state index contributed by atoms with van der Waals surface area (Å²) in [6.45, 7) is 2.03. The van der Waals surface area contributed by atoms with Gasteiger partial charge in [-0.25, -0.2) is 13.9 Å². The average molecular weight is 391 g/mol. The van der Waals surface area contributed by atoms with Crippen molar-refractivity contribution in [3.05, 3.63) is 35.0 Å². The monoisotopic (exact) mass is 390 g/mol. The van der Waals surface area contributed by atoms with E-state index in [1.165, 1.54) is 11.3 Å². The normalized spacial score (nSPS) is 16.1. The van der Waals surface area contributed by atoms with Crippen LogP contribution in [0.1, 0.15) is 24.5 Å². The predicted octanol–water partition coefficient (Wildman–Crippen LogP) is 3.60. The topological polar surface area (TPSA) is 60.0 Å². The molecular formula is C17H16ClFN6S. The minimum absolute atomic E-state index is 0.0290. The molecule has 0 amide bonds. The van der Waals surface area contributed by atoms with Crippen molar-refractivity contribution in [1.82, 2.24) is 29.7 Å². The lowest BCUT2D eigenvalue weighted by Crippen LogP contribution is -2.26. The van der Waals surface area contributed by atoms with E-state index in [-0.39, 0.29) is 5.02 Å². The number of nitrogens with zero attached hydrogens (tertiary/aromatic N) is 5. The van der Waals surface area contributed by atoms with Crippen LogP contribution >= 0.6 is 22.9 Å². The lowest BCUT2D eigenvalue weighted by Gasteiger charge is -2.20. The fraction of sp³-hybridized carbons (Fsp3) is 0.353. The second-order valence-electron chi connectivity index (χ2n) is 6.62. The van der Waals surface area contributed by atoms with E-state index in [0.29, 0.717) is 22.0 Å². The molecule has 0 bridgehead atoms. The van der Waals surface area contributed by atoms with Crippen molar-refractivity contribution in [3.63, 3.8) is 0 Å². The van der Waals surface area contributed by atoms with Crippen LogP contribution in [-0.4, -0.2) is 37.5 Å². The molecule has 6 nitrogen and oxygen atoms in total. The fourth-order valence-corrected chi connectivity index (χ4v) is 4.67. The smallest absolute Gasteiger partial charge is 0.212 e. The first kappa shape index (κ1) is 16.2. The summed E-state index contributed by atoms with van der Waals surface area (Å²) in [6, 6.07) is 1.75. The van der Waals surface area contributed by atoms with Crippen LogP contribution in [0.5, 0.6) is 0 Å². The lowest BCUT2D eigenvalue weighted by molar-refractivity contribution is 0.454. The molecule has 134 valence electrons. The largest absolute Gasteiger partial charge is 0.317 e. The Kier molecular flexibility index (Phi) is 3.73. The Morgan fingerprint density at radius 3 is 2.85 bits per heavy atom. The van der Waals surface area contributed by atoms with Gasteiger partial charge in [0, 0.05) is 24.5 Å². The van der Waals surface area contributed by atoms with Crippen LogP contribution in [0, 0.1) is 5.82 Å². The number of aromatic nitrogens is 5. The first-order valence-electron chi connectivity index (χ1n) is 8.48. The Morgan fingerprint density at radius 1 is 1.27 bits per heavy atom. The summed E-state index contributed by atoms with van der Waals surface area (Å²) in [5.41, 5.74) is 1.91. The molecule has 0 spiro atoms. The number of aryl methyl sites for hydroxylation is 1. The van der Waals surface area contributed by atoms with Gasteiger partial charge in [-0.2, -0.15) is 10.2 Å². The van der Waals surface area contributed by atoms with Crippen molar-refractivity contribution >= 4 is 38.8 Å². The number of halogens is 2. The van der Waals surface area contributed by atoms with Crippen LogP contribution in [0.15, 0.2) is 18.5 Å². The third kappa shape index (κ3) is 2.52. The maximum absolute atomic E-state index is 14.8. The van der Waals surface area contributed by atoms with Gasteiger partial charge in [0.2, 0.25) is 4.96 Å². The third-order valence-electron chi connectivity index (χ3n) is 4.84. The highest BCUT2D eigenvalue weighted by Crippen LogP contribution is 2.36. The molecule has 9 heteroatoms. The molecule has 0 unspecified atom stereocenters. The van der Waals surface area contributed by atoms with Gasteiger partial charge >= 0.3 is 0 Å². The molecule has 3 aromatic heterocycles. The summed E-state index contributed by atoms with van der Waals surface area (Å²) in [5.74, 6) is -0.0278. The predicted molar refractivity (Wildman–Crippen MR) is 100 cm³/mol. The number of imidazole rings is 1. The maximum Gasteiger partial charge on any atom is 0.212 e. The first-order chi connectivity index (χ1) is 12.6. The highest BCUT2D eigenvalue weighted by atomic mass is 35.5.